The first-order chi connectivity index (χ1) is 11.9. The summed E-state index contributed by atoms with van der Waals surface area (Å²) >= 11 is 1.35. The summed E-state index contributed by atoms with van der Waals surface area (Å²) in [7, 11) is 1.84. The molecule has 0 aliphatic heterocycles. The third-order valence-electron chi connectivity index (χ3n) is 4.17. The minimum Gasteiger partial charge on any atom is -0.481 e. The van der Waals surface area contributed by atoms with E-state index in [1.54, 1.807) is 4.68 Å². The molecule has 1 aromatic carbocycles. The Hall–Kier alpha value is -2.67. The zero-order valence-corrected chi connectivity index (χ0v) is 15.1. The maximum absolute atomic E-state index is 12.7. The molecule has 0 bridgehead atoms. The number of aryl methyl sites for hydroxylation is 3. The number of thiophene rings is 1. The van der Waals surface area contributed by atoms with Gasteiger partial charge in [-0.1, -0.05) is 24.3 Å². The Labute approximate surface area is 149 Å². The van der Waals surface area contributed by atoms with Crippen LogP contribution in [0.3, 0.4) is 0 Å². The number of fused-ring (bicyclic) bond motifs is 1. The predicted molar refractivity (Wildman–Crippen MR) is 97.0 cm³/mol. The molecule has 7 heteroatoms. The van der Waals surface area contributed by atoms with Gasteiger partial charge in [0.15, 0.2) is 0 Å². The first-order valence-electron chi connectivity index (χ1n) is 7.88. The Bertz CT molecular complexity index is 923. The van der Waals surface area contributed by atoms with Crippen molar-refractivity contribution in [3.8, 4) is 0 Å². The molecule has 130 valence electrons. The average molecular weight is 357 g/mol. The van der Waals surface area contributed by atoms with E-state index in [9.17, 15) is 14.7 Å². The molecule has 2 aromatic heterocycles. The van der Waals surface area contributed by atoms with Gasteiger partial charge in [-0.25, -0.2) is 0 Å². The maximum Gasteiger partial charge on any atom is 0.305 e. The van der Waals surface area contributed by atoms with Crippen molar-refractivity contribution in [1.29, 1.82) is 0 Å². The van der Waals surface area contributed by atoms with Crippen LogP contribution in [-0.2, 0) is 11.8 Å². The van der Waals surface area contributed by atoms with Crippen LogP contribution in [0, 0.1) is 13.8 Å². The second kappa shape index (κ2) is 6.68. The van der Waals surface area contributed by atoms with E-state index < -0.39 is 12.0 Å². The number of aromatic nitrogens is 2. The third kappa shape index (κ3) is 3.41. The van der Waals surface area contributed by atoms with Gasteiger partial charge >= 0.3 is 5.97 Å². The minimum absolute atomic E-state index is 0.165. The molecule has 2 heterocycles. The average Bonchev–Trinajstić information content (AvgIpc) is 3.09. The fourth-order valence-electron chi connectivity index (χ4n) is 2.94. The van der Waals surface area contributed by atoms with Gasteiger partial charge in [-0.05, 0) is 31.0 Å². The van der Waals surface area contributed by atoms with Crippen molar-refractivity contribution in [3.63, 3.8) is 0 Å². The van der Waals surface area contributed by atoms with Crippen LogP contribution in [0.2, 0.25) is 0 Å². The fourth-order valence-corrected chi connectivity index (χ4v) is 3.96. The molecule has 1 amide bonds. The highest BCUT2D eigenvalue weighted by molar-refractivity contribution is 7.20. The van der Waals surface area contributed by atoms with Gasteiger partial charge in [-0.15, -0.1) is 11.3 Å². The number of rotatable bonds is 5. The van der Waals surface area contributed by atoms with Crippen LogP contribution < -0.4 is 5.32 Å². The Balaban J connectivity index is 1.90. The number of amides is 1. The van der Waals surface area contributed by atoms with Gasteiger partial charge in [0, 0.05) is 12.4 Å². The van der Waals surface area contributed by atoms with Crippen molar-refractivity contribution in [2.45, 2.75) is 26.3 Å². The van der Waals surface area contributed by atoms with Crippen molar-refractivity contribution in [2.75, 3.05) is 0 Å². The molecule has 0 fully saturated rings. The minimum atomic E-state index is -0.954. The molecule has 0 aliphatic rings. The molecule has 3 aromatic rings. The number of carboxylic acid groups (broad SMARTS) is 1. The standard InChI is InChI=1S/C18H19N3O3S/c1-10-6-4-5-7-12(10)14(9-16(22)23)19-17(24)15-8-13-11(2)20-21(3)18(13)25-15/h4-8,14H,9H2,1-3H3,(H,19,24)(H,22,23). The predicted octanol–water partition coefficient (Wildman–Crippen LogP) is 3.20. The van der Waals surface area contributed by atoms with Gasteiger partial charge in [0.2, 0.25) is 0 Å². The molecule has 0 saturated heterocycles. The lowest BCUT2D eigenvalue weighted by Crippen LogP contribution is -2.30. The largest absolute Gasteiger partial charge is 0.481 e. The van der Waals surface area contributed by atoms with Crippen LogP contribution in [0.15, 0.2) is 30.3 Å². The highest BCUT2D eigenvalue weighted by Gasteiger charge is 2.22. The van der Waals surface area contributed by atoms with Crippen molar-refractivity contribution in [3.05, 3.63) is 52.0 Å². The third-order valence-corrected chi connectivity index (χ3v) is 5.37. The lowest BCUT2D eigenvalue weighted by Gasteiger charge is -2.19. The summed E-state index contributed by atoms with van der Waals surface area (Å²) in [5, 5.41) is 17.4. The number of hydrogen-bond acceptors (Lipinski definition) is 4. The first-order valence-corrected chi connectivity index (χ1v) is 8.69. The van der Waals surface area contributed by atoms with E-state index >= 15 is 0 Å². The van der Waals surface area contributed by atoms with E-state index in [1.165, 1.54) is 11.3 Å². The number of benzene rings is 1. The van der Waals surface area contributed by atoms with Gasteiger partial charge in [0.05, 0.1) is 23.0 Å². The van der Waals surface area contributed by atoms with Gasteiger partial charge in [-0.2, -0.15) is 5.10 Å². The van der Waals surface area contributed by atoms with Crippen molar-refractivity contribution in [2.24, 2.45) is 7.05 Å². The van der Waals surface area contributed by atoms with E-state index in [0.29, 0.717) is 4.88 Å². The number of carbonyl (C=O) groups excluding carboxylic acids is 1. The normalized spacial score (nSPS) is 12.3. The Morgan fingerprint density at radius 3 is 2.68 bits per heavy atom. The molecule has 3 rings (SSSR count). The Kier molecular flexibility index (Phi) is 4.59. The lowest BCUT2D eigenvalue weighted by molar-refractivity contribution is -0.137. The molecule has 1 atom stereocenters. The summed E-state index contributed by atoms with van der Waals surface area (Å²) in [5.41, 5.74) is 2.64. The highest BCUT2D eigenvalue weighted by atomic mass is 32.1. The number of hydrogen-bond donors (Lipinski definition) is 2. The summed E-state index contributed by atoms with van der Waals surface area (Å²) < 4.78 is 1.75. The zero-order chi connectivity index (χ0) is 18.1. The van der Waals surface area contributed by atoms with E-state index in [1.807, 2.05) is 51.2 Å². The Morgan fingerprint density at radius 2 is 2.04 bits per heavy atom. The monoisotopic (exact) mass is 357 g/mol. The molecule has 0 aliphatic carbocycles. The summed E-state index contributed by atoms with van der Waals surface area (Å²) in [5.74, 6) is -1.22. The summed E-state index contributed by atoms with van der Waals surface area (Å²) in [6.45, 7) is 3.81. The van der Waals surface area contributed by atoms with E-state index in [2.05, 4.69) is 10.4 Å². The smallest absolute Gasteiger partial charge is 0.305 e. The molecule has 0 spiro atoms. The molecule has 25 heavy (non-hydrogen) atoms. The molecule has 0 saturated carbocycles. The van der Waals surface area contributed by atoms with E-state index in [0.717, 1.165) is 27.0 Å². The summed E-state index contributed by atoms with van der Waals surface area (Å²) in [6, 6.07) is 8.73. The SMILES string of the molecule is Cc1ccccc1C(CC(=O)O)NC(=O)c1cc2c(C)nn(C)c2s1. The number of nitrogens with one attached hydrogen (secondary N) is 1. The van der Waals surface area contributed by atoms with Crippen LogP contribution in [-0.4, -0.2) is 26.8 Å². The van der Waals surface area contributed by atoms with E-state index in [4.69, 9.17) is 0 Å². The van der Waals surface area contributed by atoms with Gasteiger partial charge in [0.1, 0.15) is 4.83 Å². The molecule has 0 radical (unpaired) electrons. The summed E-state index contributed by atoms with van der Waals surface area (Å²) in [6.07, 6.45) is -0.165. The van der Waals surface area contributed by atoms with Crippen LogP contribution >= 0.6 is 11.3 Å². The number of carbonyl (C=O) groups is 2. The molecule has 1 unspecified atom stereocenters. The van der Waals surface area contributed by atoms with Gasteiger partial charge in [-0.3, -0.25) is 14.3 Å². The summed E-state index contributed by atoms with van der Waals surface area (Å²) in [4.78, 5) is 25.4. The number of aliphatic carboxylic acids is 1. The molecule has 6 nitrogen and oxygen atoms in total. The van der Waals surface area contributed by atoms with Crippen LogP contribution in [0.5, 0.6) is 0 Å². The van der Waals surface area contributed by atoms with Gasteiger partial charge < -0.3 is 10.4 Å². The number of carboxylic acids is 1. The van der Waals surface area contributed by atoms with Gasteiger partial charge in [0.25, 0.3) is 5.91 Å². The van der Waals surface area contributed by atoms with Crippen LogP contribution in [0.25, 0.3) is 10.2 Å². The lowest BCUT2D eigenvalue weighted by atomic mass is 9.98. The molecular formula is C18H19N3O3S. The van der Waals surface area contributed by atoms with Crippen molar-refractivity contribution >= 4 is 33.4 Å². The molecule has 2 N–H and O–H groups in total. The fraction of sp³-hybridized carbons (Fsp3) is 0.278. The van der Waals surface area contributed by atoms with E-state index in [-0.39, 0.29) is 12.3 Å². The second-order valence-electron chi connectivity index (χ2n) is 6.02. The highest BCUT2D eigenvalue weighted by Crippen LogP contribution is 2.28. The topological polar surface area (TPSA) is 84.2 Å². The quantitative estimate of drug-likeness (QED) is 0.734. The van der Waals surface area contributed by atoms with Crippen molar-refractivity contribution in [1.82, 2.24) is 15.1 Å². The first kappa shape index (κ1) is 17.2. The van der Waals surface area contributed by atoms with Crippen LogP contribution in [0.4, 0.5) is 0 Å². The second-order valence-corrected chi connectivity index (χ2v) is 7.05. The Morgan fingerprint density at radius 1 is 1.32 bits per heavy atom. The zero-order valence-electron chi connectivity index (χ0n) is 14.2. The van der Waals surface area contributed by atoms with Crippen molar-refractivity contribution < 1.29 is 14.7 Å². The van der Waals surface area contributed by atoms with Crippen LogP contribution in [0.1, 0.15) is 39.0 Å². The maximum atomic E-state index is 12.7. The molecular weight excluding hydrogens is 338 g/mol. The number of nitrogens with zero attached hydrogens (tertiary/aromatic N) is 2.